The highest BCUT2D eigenvalue weighted by Crippen LogP contribution is 2.34. The number of nitrogens with zero attached hydrogens (tertiary/aromatic N) is 3. The van der Waals surface area contributed by atoms with Crippen molar-refractivity contribution in [1.29, 1.82) is 0 Å². The zero-order valence-electron chi connectivity index (χ0n) is 12.6. The van der Waals surface area contributed by atoms with Crippen LogP contribution in [0.1, 0.15) is 12.7 Å². The molecule has 0 atom stereocenters. The summed E-state index contributed by atoms with van der Waals surface area (Å²) in [5.41, 5.74) is 2.74. The van der Waals surface area contributed by atoms with E-state index in [4.69, 9.17) is 9.47 Å². The molecule has 0 N–H and O–H groups in total. The lowest BCUT2D eigenvalue weighted by Gasteiger charge is -2.22. The van der Waals surface area contributed by atoms with E-state index < -0.39 is 0 Å². The van der Waals surface area contributed by atoms with E-state index in [0.717, 1.165) is 17.1 Å². The number of benzene rings is 1. The predicted octanol–water partition coefficient (Wildman–Crippen LogP) is 3.46. The molecule has 1 aliphatic heterocycles. The van der Waals surface area contributed by atoms with Crippen molar-refractivity contribution in [3.8, 4) is 11.3 Å². The number of aromatic nitrogens is 2. The first kappa shape index (κ1) is 14.1. The van der Waals surface area contributed by atoms with Crippen LogP contribution in [0.2, 0.25) is 0 Å². The van der Waals surface area contributed by atoms with Crippen LogP contribution in [0.3, 0.4) is 0 Å². The first-order valence-corrected chi connectivity index (χ1v) is 6.96. The predicted molar refractivity (Wildman–Crippen MR) is 86.0 cm³/mol. The number of imidazole rings is 1. The van der Waals surface area contributed by atoms with Crippen LogP contribution in [0.15, 0.2) is 59.7 Å². The van der Waals surface area contributed by atoms with Crippen molar-refractivity contribution >= 4 is 11.8 Å². The average Bonchev–Trinajstić information content (AvgIpc) is 2.99. The van der Waals surface area contributed by atoms with Crippen LogP contribution in [-0.2, 0) is 16.2 Å². The Bertz CT molecular complexity index is 757. The number of ether oxygens (including phenoxy) is 2. The Hall–Kier alpha value is -2.82. The Labute approximate surface area is 129 Å². The summed E-state index contributed by atoms with van der Waals surface area (Å²) in [4.78, 5) is 8.78. The fourth-order valence-corrected chi connectivity index (χ4v) is 2.40. The summed E-state index contributed by atoms with van der Waals surface area (Å²) in [5, 5.41) is 0. The second-order valence-corrected chi connectivity index (χ2v) is 4.73. The van der Waals surface area contributed by atoms with E-state index in [1.54, 1.807) is 13.3 Å². The Morgan fingerprint density at radius 1 is 1.41 bits per heavy atom. The number of fused-ring (bicyclic) bond motifs is 1. The van der Waals surface area contributed by atoms with Gasteiger partial charge in [0.25, 0.3) is 0 Å². The van der Waals surface area contributed by atoms with Crippen molar-refractivity contribution in [2.45, 2.75) is 13.7 Å². The quantitative estimate of drug-likeness (QED) is 0.641. The third kappa shape index (κ3) is 2.30. The second kappa shape index (κ2) is 5.89. The lowest BCUT2D eigenvalue weighted by molar-refractivity contribution is 0.134. The summed E-state index contributed by atoms with van der Waals surface area (Å²) < 4.78 is 13.0. The molecule has 0 aliphatic carbocycles. The summed E-state index contributed by atoms with van der Waals surface area (Å²) >= 11 is 0. The number of hydrogen-bond donors (Lipinski definition) is 0. The van der Waals surface area contributed by atoms with Gasteiger partial charge in [-0.15, -0.1) is 0 Å². The van der Waals surface area contributed by atoms with Gasteiger partial charge in [-0.05, 0) is 12.5 Å². The fraction of sp³-hybridized carbons (Fsp3) is 0.176. The fourth-order valence-electron chi connectivity index (χ4n) is 2.40. The van der Waals surface area contributed by atoms with E-state index in [0.29, 0.717) is 23.9 Å². The van der Waals surface area contributed by atoms with Gasteiger partial charge in [0.15, 0.2) is 12.6 Å². The molecule has 2 aromatic rings. The lowest BCUT2D eigenvalue weighted by atomic mass is 10.1. The highest BCUT2D eigenvalue weighted by Gasteiger charge is 2.26. The van der Waals surface area contributed by atoms with Crippen molar-refractivity contribution in [1.82, 2.24) is 9.55 Å². The summed E-state index contributed by atoms with van der Waals surface area (Å²) in [6.07, 6.45) is 3.50. The molecule has 0 bridgehead atoms. The molecule has 0 amide bonds. The van der Waals surface area contributed by atoms with Gasteiger partial charge in [0, 0.05) is 6.21 Å². The molecule has 1 aromatic heterocycles. The van der Waals surface area contributed by atoms with Crippen molar-refractivity contribution < 1.29 is 9.47 Å². The highest BCUT2D eigenvalue weighted by molar-refractivity contribution is 5.78. The first-order valence-electron chi connectivity index (χ1n) is 6.96. The second-order valence-electron chi connectivity index (χ2n) is 4.73. The maximum Gasteiger partial charge on any atom is 0.229 e. The van der Waals surface area contributed by atoms with Gasteiger partial charge in [-0.3, -0.25) is 4.57 Å². The van der Waals surface area contributed by atoms with Crippen LogP contribution in [0.4, 0.5) is 0 Å². The molecule has 0 fully saturated rings. The van der Waals surface area contributed by atoms with Crippen LogP contribution in [-0.4, -0.2) is 22.9 Å². The van der Waals surface area contributed by atoms with E-state index in [9.17, 15) is 0 Å². The van der Waals surface area contributed by atoms with Gasteiger partial charge in [0.2, 0.25) is 5.88 Å². The van der Waals surface area contributed by atoms with Gasteiger partial charge >= 0.3 is 0 Å². The Kier molecular flexibility index (Phi) is 3.78. The standard InChI is InChI=1S/C17H17N3O2/c1-4-18-17-15(12(2)21-3)16-19-10-14(20(16)11-22-17)13-8-6-5-7-9-13/h4-10H,2,11H2,1,3H3/b18-4-. The summed E-state index contributed by atoms with van der Waals surface area (Å²) in [6.45, 7) is 6.11. The Morgan fingerprint density at radius 2 is 2.18 bits per heavy atom. The number of rotatable bonds is 4. The third-order valence-electron chi connectivity index (χ3n) is 3.46. The smallest absolute Gasteiger partial charge is 0.229 e. The molecule has 0 saturated carbocycles. The van der Waals surface area contributed by atoms with Crippen molar-refractivity contribution in [2.24, 2.45) is 4.99 Å². The molecule has 0 unspecified atom stereocenters. The largest absolute Gasteiger partial charge is 0.496 e. The van der Waals surface area contributed by atoms with E-state index in [-0.39, 0.29) is 0 Å². The van der Waals surface area contributed by atoms with Gasteiger partial charge in [-0.1, -0.05) is 36.9 Å². The highest BCUT2D eigenvalue weighted by atomic mass is 16.5. The van der Waals surface area contributed by atoms with Crippen molar-refractivity contribution in [2.75, 3.05) is 7.11 Å². The van der Waals surface area contributed by atoms with E-state index in [1.165, 1.54) is 0 Å². The molecule has 22 heavy (non-hydrogen) atoms. The van der Waals surface area contributed by atoms with Crippen molar-refractivity contribution in [3.05, 3.63) is 60.6 Å². The van der Waals surface area contributed by atoms with E-state index in [2.05, 4.69) is 16.6 Å². The Balaban J connectivity index is 2.15. The molecule has 5 nitrogen and oxygen atoms in total. The minimum Gasteiger partial charge on any atom is -0.496 e. The van der Waals surface area contributed by atoms with E-state index >= 15 is 0 Å². The molecule has 0 radical (unpaired) electrons. The summed E-state index contributed by atoms with van der Waals surface area (Å²) in [6, 6.07) is 10.1. The van der Waals surface area contributed by atoms with Crippen molar-refractivity contribution in [3.63, 3.8) is 0 Å². The van der Waals surface area contributed by atoms with Crippen LogP contribution >= 0.6 is 0 Å². The van der Waals surface area contributed by atoms with Gasteiger partial charge < -0.3 is 9.47 Å². The van der Waals surface area contributed by atoms with E-state index in [1.807, 2.05) is 48.0 Å². The molecule has 1 aromatic carbocycles. The average molecular weight is 295 g/mol. The number of allylic oxidation sites excluding steroid dienone is 1. The lowest BCUT2D eigenvalue weighted by Crippen LogP contribution is -2.16. The number of aliphatic imine (C=N–C) groups is 1. The molecule has 1 aliphatic rings. The van der Waals surface area contributed by atoms with Crippen LogP contribution in [0.25, 0.3) is 16.8 Å². The zero-order valence-corrected chi connectivity index (χ0v) is 12.6. The normalized spacial score (nSPS) is 13.9. The molecule has 3 rings (SSSR count). The van der Waals surface area contributed by atoms with Gasteiger partial charge in [0.1, 0.15) is 11.3 Å². The van der Waals surface area contributed by atoms with Crippen LogP contribution in [0, 0.1) is 0 Å². The maximum absolute atomic E-state index is 5.76. The topological polar surface area (TPSA) is 48.6 Å². The number of methoxy groups -OCH3 is 1. The molecule has 2 heterocycles. The number of hydrogen-bond acceptors (Lipinski definition) is 4. The Morgan fingerprint density at radius 3 is 2.86 bits per heavy atom. The van der Waals surface area contributed by atoms with Crippen LogP contribution in [0.5, 0.6) is 0 Å². The molecule has 0 saturated heterocycles. The maximum atomic E-state index is 5.76. The minimum atomic E-state index is 0.354. The van der Waals surface area contributed by atoms with Gasteiger partial charge in [0.05, 0.1) is 19.0 Å². The molecule has 0 spiro atoms. The van der Waals surface area contributed by atoms with Crippen LogP contribution < -0.4 is 0 Å². The molecular formula is C17H17N3O2. The molecule has 112 valence electrons. The monoisotopic (exact) mass is 295 g/mol. The third-order valence-corrected chi connectivity index (χ3v) is 3.46. The van der Waals surface area contributed by atoms with Gasteiger partial charge in [-0.25, -0.2) is 9.98 Å². The summed E-state index contributed by atoms with van der Waals surface area (Å²) in [5.74, 6) is 1.70. The van der Waals surface area contributed by atoms with Gasteiger partial charge in [-0.2, -0.15) is 0 Å². The minimum absolute atomic E-state index is 0.354. The SMILES string of the molecule is C=C(OC)C1=C(/N=C\C)OCn2c(-c3ccccc3)cnc21. The summed E-state index contributed by atoms with van der Waals surface area (Å²) in [7, 11) is 1.57. The molecular weight excluding hydrogens is 278 g/mol. The molecule has 5 heteroatoms. The first-order chi connectivity index (χ1) is 10.8. The zero-order chi connectivity index (χ0) is 15.5.